The number of hydrogen-bond donors (Lipinski definition) is 0. The van der Waals surface area contributed by atoms with Gasteiger partial charge in [0.1, 0.15) is 5.67 Å². The number of hydroxylamine groups is 2. The average Bonchev–Trinajstić information content (AvgIpc) is 2.26. The third-order valence-electron chi connectivity index (χ3n) is 2.18. The summed E-state index contributed by atoms with van der Waals surface area (Å²) in [5.41, 5.74) is -0.851. The lowest BCUT2D eigenvalue weighted by Crippen LogP contribution is -2.25. The van der Waals surface area contributed by atoms with Crippen LogP contribution < -0.4 is 0 Å². The van der Waals surface area contributed by atoms with Crippen molar-refractivity contribution in [1.82, 2.24) is 10.0 Å². The van der Waals surface area contributed by atoms with E-state index in [9.17, 15) is 9.18 Å². The lowest BCUT2D eigenvalue weighted by atomic mass is 10.1. The summed E-state index contributed by atoms with van der Waals surface area (Å²) in [4.78, 5) is 20.3. The number of hydrogen-bond acceptors (Lipinski definition) is 3. The zero-order valence-corrected chi connectivity index (χ0v) is 9.82. The van der Waals surface area contributed by atoms with Crippen LogP contribution in [0, 0.1) is 0 Å². The number of amides is 1. The normalized spacial score (nSPS) is 11.3. The van der Waals surface area contributed by atoms with E-state index in [1.807, 2.05) is 0 Å². The Morgan fingerprint density at radius 1 is 1.50 bits per heavy atom. The number of rotatable bonds is 3. The molecule has 1 amide bonds. The summed E-state index contributed by atoms with van der Waals surface area (Å²) in [6.45, 7) is 2.83. The van der Waals surface area contributed by atoms with Crippen molar-refractivity contribution in [3.8, 4) is 0 Å². The summed E-state index contributed by atoms with van der Waals surface area (Å²) in [5.74, 6) is -0.321. The molecule has 0 unspecified atom stereocenters. The SMILES string of the molecule is CON(C)C(=O)c1ccc(C(C)(C)F)nc1. The molecule has 0 bridgehead atoms. The highest BCUT2D eigenvalue weighted by Crippen LogP contribution is 2.22. The molecule has 1 heterocycles. The molecule has 0 aliphatic carbocycles. The van der Waals surface area contributed by atoms with Gasteiger partial charge in [0, 0.05) is 13.2 Å². The molecule has 0 aliphatic heterocycles. The maximum absolute atomic E-state index is 13.5. The Morgan fingerprint density at radius 2 is 2.12 bits per heavy atom. The molecule has 0 aromatic carbocycles. The predicted octanol–water partition coefficient (Wildman–Crippen LogP) is 1.92. The fourth-order valence-electron chi connectivity index (χ4n) is 1.14. The Labute approximate surface area is 94.0 Å². The van der Waals surface area contributed by atoms with E-state index in [0.717, 1.165) is 5.06 Å². The van der Waals surface area contributed by atoms with Crippen LogP contribution in [0.15, 0.2) is 18.3 Å². The molecule has 0 saturated carbocycles. The number of carbonyl (C=O) groups is 1. The summed E-state index contributed by atoms with van der Waals surface area (Å²) in [7, 11) is 2.89. The van der Waals surface area contributed by atoms with Gasteiger partial charge in [0.25, 0.3) is 5.91 Å². The monoisotopic (exact) mass is 226 g/mol. The first kappa shape index (κ1) is 12.6. The van der Waals surface area contributed by atoms with Crippen molar-refractivity contribution >= 4 is 5.91 Å². The summed E-state index contributed by atoms with van der Waals surface area (Å²) >= 11 is 0. The molecular formula is C11H15FN2O2. The van der Waals surface area contributed by atoms with Gasteiger partial charge in [-0.1, -0.05) is 0 Å². The Balaban J connectivity index is 2.91. The van der Waals surface area contributed by atoms with E-state index in [0.29, 0.717) is 11.3 Å². The fourth-order valence-corrected chi connectivity index (χ4v) is 1.14. The molecule has 1 aromatic rings. The predicted molar refractivity (Wildman–Crippen MR) is 57.5 cm³/mol. The van der Waals surface area contributed by atoms with Crippen LogP contribution in [0.5, 0.6) is 0 Å². The summed E-state index contributed by atoms with van der Waals surface area (Å²) in [6.07, 6.45) is 1.34. The van der Waals surface area contributed by atoms with Crippen molar-refractivity contribution in [3.63, 3.8) is 0 Å². The second kappa shape index (κ2) is 4.57. The highest BCUT2D eigenvalue weighted by atomic mass is 19.1. The summed E-state index contributed by atoms with van der Waals surface area (Å²) < 4.78 is 13.5. The molecule has 88 valence electrons. The van der Waals surface area contributed by atoms with E-state index in [1.54, 1.807) is 0 Å². The molecule has 0 spiro atoms. The molecule has 0 saturated heterocycles. The van der Waals surface area contributed by atoms with E-state index in [2.05, 4.69) is 4.98 Å². The molecule has 0 atom stereocenters. The largest absolute Gasteiger partial charge is 0.278 e. The Kier molecular flexibility index (Phi) is 3.59. The van der Waals surface area contributed by atoms with Crippen LogP contribution in [0.4, 0.5) is 4.39 Å². The van der Waals surface area contributed by atoms with Crippen LogP contribution in [0.25, 0.3) is 0 Å². The van der Waals surface area contributed by atoms with E-state index >= 15 is 0 Å². The second-order valence-corrected chi connectivity index (χ2v) is 3.89. The Bertz CT molecular complexity index is 371. The number of aromatic nitrogens is 1. The lowest BCUT2D eigenvalue weighted by molar-refractivity contribution is -0.0757. The van der Waals surface area contributed by atoms with Crippen LogP contribution in [-0.4, -0.2) is 30.1 Å². The van der Waals surface area contributed by atoms with E-state index in [1.165, 1.54) is 46.3 Å². The van der Waals surface area contributed by atoms with Crippen molar-refractivity contribution in [1.29, 1.82) is 0 Å². The highest BCUT2D eigenvalue weighted by Gasteiger charge is 2.21. The van der Waals surface area contributed by atoms with Crippen molar-refractivity contribution in [2.45, 2.75) is 19.5 Å². The summed E-state index contributed by atoms with van der Waals surface area (Å²) in [6, 6.07) is 3.03. The van der Waals surface area contributed by atoms with Crippen molar-refractivity contribution < 1.29 is 14.0 Å². The zero-order chi connectivity index (χ0) is 12.3. The molecule has 0 radical (unpaired) electrons. The molecule has 4 nitrogen and oxygen atoms in total. The first-order chi connectivity index (χ1) is 7.36. The number of carbonyl (C=O) groups excluding carboxylic acids is 1. The quantitative estimate of drug-likeness (QED) is 0.739. The third kappa shape index (κ3) is 2.76. The topological polar surface area (TPSA) is 42.4 Å². The minimum absolute atomic E-state index is 0.295. The lowest BCUT2D eigenvalue weighted by Gasteiger charge is -2.15. The molecular weight excluding hydrogens is 211 g/mol. The van der Waals surface area contributed by atoms with Crippen LogP contribution in [0.3, 0.4) is 0 Å². The maximum Gasteiger partial charge on any atom is 0.278 e. The fraction of sp³-hybridized carbons (Fsp3) is 0.455. The highest BCUT2D eigenvalue weighted by molar-refractivity contribution is 5.92. The van der Waals surface area contributed by atoms with Gasteiger partial charge in [-0.05, 0) is 26.0 Å². The first-order valence-corrected chi connectivity index (χ1v) is 4.84. The van der Waals surface area contributed by atoms with Gasteiger partial charge in [-0.15, -0.1) is 0 Å². The minimum Gasteiger partial charge on any atom is -0.274 e. The number of alkyl halides is 1. The average molecular weight is 226 g/mol. The minimum atomic E-state index is -1.51. The summed E-state index contributed by atoms with van der Waals surface area (Å²) in [5, 5.41) is 1.08. The van der Waals surface area contributed by atoms with Crippen molar-refractivity contribution in [2.24, 2.45) is 0 Å². The van der Waals surface area contributed by atoms with Crippen LogP contribution in [0.2, 0.25) is 0 Å². The number of pyridine rings is 1. The van der Waals surface area contributed by atoms with Gasteiger partial charge in [-0.25, -0.2) is 9.45 Å². The van der Waals surface area contributed by atoms with E-state index < -0.39 is 5.67 Å². The molecule has 0 aliphatic rings. The third-order valence-corrected chi connectivity index (χ3v) is 2.18. The van der Waals surface area contributed by atoms with Gasteiger partial charge in [-0.2, -0.15) is 0 Å². The Hall–Kier alpha value is -1.49. The first-order valence-electron chi connectivity index (χ1n) is 4.84. The zero-order valence-electron chi connectivity index (χ0n) is 9.82. The molecule has 1 aromatic heterocycles. The van der Waals surface area contributed by atoms with E-state index in [-0.39, 0.29) is 5.91 Å². The van der Waals surface area contributed by atoms with Gasteiger partial charge < -0.3 is 0 Å². The standard InChI is InChI=1S/C11H15FN2O2/c1-11(2,12)9-6-5-8(7-13-9)10(15)14(3)16-4/h5-7H,1-4H3. The van der Waals surface area contributed by atoms with Crippen LogP contribution in [0.1, 0.15) is 29.9 Å². The van der Waals surface area contributed by atoms with Crippen LogP contribution in [-0.2, 0) is 10.5 Å². The van der Waals surface area contributed by atoms with Gasteiger partial charge in [0.2, 0.25) is 0 Å². The van der Waals surface area contributed by atoms with Gasteiger partial charge in [-0.3, -0.25) is 14.6 Å². The van der Waals surface area contributed by atoms with Crippen molar-refractivity contribution in [3.05, 3.63) is 29.6 Å². The van der Waals surface area contributed by atoms with Gasteiger partial charge >= 0.3 is 0 Å². The Morgan fingerprint density at radius 3 is 2.50 bits per heavy atom. The van der Waals surface area contributed by atoms with Crippen LogP contribution >= 0.6 is 0 Å². The number of halogens is 1. The molecule has 1 rings (SSSR count). The van der Waals surface area contributed by atoms with Gasteiger partial charge in [0.05, 0.1) is 18.4 Å². The van der Waals surface area contributed by atoms with E-state index in [4.69, 9.17) is 4.84 Å². The van der Waals surface area contributed by atoms with Gasteiger partial charge in [0.15, 0.2) is 0 Å². The molecule has 0 N–H and O–H groups in total. The number of nitrogens with zero attached hydrogens (tertiary/aromatic N) is 2. The second-order valence-electron chi connectivity index (χ2n) is 3.89. The smallest absolute Gasteiger partial charge is 0.274 e. The molecule has 16 heavy (non-hydrogen) atoms. The molecule has 5 heteroatoms. The molecule has 0 fully saturated rings. The maximum atomic E-state index is 13.5. The van der Waals surface area contributed by atoms with Crippen molar-refractivity contribution in [2.75, 3.05) is 14.2 Å².